The number of hydrogen-bond acceptors (Lipinski definition) is 4. The maximum Gasteiger partial charge on any atom is 0.236 e. The Morgan fingerprint density at radius 1 is 1.22 bits per heavy atom. The van der Waals surface area contributed by atoms with E-state index in [4.69, 9.17) is 4.74 Å². The molecule has 18 heavy (non-hydrogen) atoms. The Labute approximate surface area is 115 Å². The topological polar surface area (TPSA) is 44.8 Å². The summed E-state index contributed by atoms with van der Waals surface area (Å²) in [5, 5.41) is 3.48. The highest BCUT2D eigenvalue weighted by Crippen LogP contribution is 2.05. The number of nitrogens with zero attached hydrogens (tertiary/aromatic N) is 2. The fraction of sp³-hybridized carbons (Fsp3) is 0.917. The lowest BCUT2D eigenvalue weighted by Gasteiger charge is -2.37. The second kappa shape index (κ2) is 7.28. The predicted molar refractivity (Wildman–Crippen MR) is 73.1 cm³/mol. The third-order valence-corrected chi connectivity index (χ3v) is 3.36. The highest BCUT2D eigenvalue weighted by molar-refractivity contribution is 5.85. The van der Waals surface area contributed by atoms with Crippen molar-refractivity contribution >= 4 is 18.3 Å². The van der Waals surface area contributed by atoms with Gasteiger partial charge in [-0.3, -0.25) is 9.69 Å². The molecule has 5 nitrogen and oxygen atoms in total. The highest BCUT2D eigenvalue weighted by Gasteiger charge is 2.25. The average molecular weight is 278 g/mol. The van der Waals surface area contributed by atoms with Crippen LogP contribution >= 0.6 is 12.4 Å². The number of ether oxygens (including phenoxy) is 1. The van der Waals surface area contributed by atoms with Gasteiger partial charge in [0.1, 0.15) is 0 Å². The monoisotopic (exact) mass is 277 g/mol. The Morgan fingerprint density at radius 2 is 1.78 bits per heavy atom. The number of morpholine rings is 1. The molecule has 0 spiro atoms. The smallest absolute Gasteiger partial charge is 0.236 e. The molecule has 2 heterocycles. The Bertz CT molecular complexity index is 262. The molecule has 0 aromatic heterocycles. The Morgan fingerprint density at radius 3 is 2.33 bits per heavy atom. The molecular weight excluding hydrogens is 254 g/mol. The number of carbonyl (C=O) groups excluding carboxylic acids is 1. The summed E-state index contributed by atoms with van der Waals surface area (Å²) in [6, 6.07) is 0.937. The summed E-state index contributed by atoms with van der Waals surface area (Å²) in [5.41, 5.74) is 0. The van der Waals surface area contributed by atoms with Gasteiger partial charge in [-0.15, -0.1) is 12.4 Å². The number of rotatable bonds is 2. The summed E-state index contributed by atoms with van der Waals surface area (Å²) in [6.45, 7) is 9.66. The van der Waals surface area contributed by atoms with Crippen LogP contribution in [-0.2, 0) is 9.53 Å². The van der Waals surface area contributed by atoms with Gasteiger partial charge in [0.05, 0.1) is 19.8 Å². The van der Waals surface area contributed by atoms with Gasteiger partial charge in [-0.05, 0) is 13.8 Å². The van der Waals surface area contributed by atoms with Crippen LogP contribution in [0.25, 0.3) is 0 Å². The van der Waals surface area contributed by atoms with Gasteiger partial charge in [-0.1, -0.05) is 0 Å². The van der Waals surface area contributed by atoms with Gasteiger partial charge < -0.3 is 15.0 Å². The van der Waals surface area contributed by atoms with E-state index < -0.39 is 0 Å². The fourth-order valence-corrected chi connectivity index (χ4v) is 2.67. The van der Waals surface area contributed by atoms with Crippen LogP contribution in [0.15, 0.2) is 0 Å². The van der Waals surface area contributed by atoms with Gasteiger partial charge in [-0.2, -0.15) is 0 Å². The van der Waals surface area contributed by atoms with E-state index in [1.165, 1.54) is 0 Å². The number of halogens is 1. The second-order valence-electron chi connectivity index (χ2n) is 5.16. The molecule has 2 unspecified atom stereocenters. The lowest BCUT2D eigenvalue weighted by Crippen LogP contribution is -2.56. The molecular formula is C12H24ClN3O2. The van der Waals surface area contributed by atoms with Crippen LogP contribution in [0.3, 0.4) is 0 Å². The Hall–Kier alpha value is -0.360. The van der Waals surface area contributed by atoms with Crippen LogP contribution in [0.1, 0.15) is 13.8 Å². The van der Waals surface area contributed by atoms with Crippen LogP contribution in [0.4, 0.5) is 0 Å². The van der Waals surface area contributed by atoms with Crippen molar-refractivity contribution in [3.63, 3.8) is 0 Å². The van der Waals surface area contributed by atoms with E-state index in [9.17, 15) is 4.79 Å². The zero-order valence-electron chi connectivity index (χ0n) is 11.2. The number of nitrogens with one attached hydrogen (secondary N) is 1. The van der Waals surface area contributed by atoms with Crippen molar-refractivity contribution in [2.75, 3.05) is 45.9 Å². The van der Waals surface area contributed by atoms with Gasteiger partial charge >= 0.3 is 0 Å². The summed E-state index contributed by atoms with van der Waals surface area (Å²) in [7, 11) is 0. The molecule has 2 fully saturated rings. The SMILES string of the molecule is CC1CN(CC(=O)N2CCOCC2)CC(C)N1.Cl. The van der Waals surface area contributed by atoms with Crippen LogP contribution in [0, 0.1) is 0 Å². The van der Waals surface area contributed by atoms with Crippen LogP contribution in [0.2, 0.25) is 0 Å². The average Bonchev–Trinajstić information content (AvgIpc) is 2.28. The van der Waals surface area contributed by atoms with Crippen molar-refractivity contribution in [1.82, 2.24) is 15.1 Å². The quantitative estimate of drug-likeness (QED) is 0.769. The first-order chi connectivity index (χ1) is 8.15. The van der Waals surface area contributed by atoms with E-state index in [1.807, 2.05) is 4.90 Å². The predicted octanol–water partition coefficient (Wildman–Crippen LogP) is -0.0508. The molecule has 6 heteroatoms. The Kier molecular flexibility index (Phi) is 6.35. The lowest BCUT2D eigenvalue weighted by molar-refractivity contribution is -0.136. The van der Waals surface area contributed by atoms with Gasteiger partial charge in [0.2, 0.25) is 5.91 Å². The number of piperazine rings is 1. The van der Waals surface area contributed by atoms with E-state index >= 15 is 0 Å². The van der Waals surface area contributed by atoms with Crippen molar-refractivity contribution in [2.24, 2.45) is 0 Å². The van der Waals surface area contributed by atoms with Gasteiger partial charge in [0, 0.05) is 38.3 Å². The van der Waals surface area contributed by atoms with Crippen molar-refractivity contribution < 1.29 is 9.53 Å². The minimum absolute atomic E-state index is 0. The van der Waals surface area contributed by atoms with Crippen molar-refractivity contribution in [1.29, 1.82) is 0 Å². The minimum Gasteiger partial charge on any atom is -0.378 e. The molecule has 0 aromatic rings. The fourth-order valence-electron chi connectivity index (χ4n) is 2.67. The summed E-state index contributed by atoms with van der Waals surface area (Å²) < 4.78 is 5.26. The molecule has 2 aliphatic rings. The maximum absolute atomic E-state index is 12.1. The lowest BCUT2D eigenvalue weighted by atomic mass is 10.1. The molecule has 0 radical (unpaired) electrons. The Balaban J connectivity index is 0.00000162. The van der Waals surface area contributed by atoms with Crippen molar-refractivity contribution in [3.8, 4) is 0 Å². The molecule has 2 aliphatic heterocycles. The zero-order chi connectivity index (χ0) is 12.3. The second-order valence-corrected chi connectivity index (χ2v) is 5.16. The molecule has 0 saturated carbocycles. The number of carbonyl (C=O) groups is 1. The molecule has 1 amide bonds. The van der Waals surface area contributed by atoms with Crippen LogP contribution < -0.4 is 5.32 Å². The molecule has 0 bridgehead atoms. The number of hydrogen-bond donors (Lipinski definition) is 1. The van der Waals surface area contributed by atoms with Crippen LogP contribution in [0.5, 0.6) is 0 Å². The molecule has 0 aromatic carbocycles. The third-order valence-electron chi connectivity index (χ3n) is 3.36. The largest absolute Gasteiger partial charge is 0.378 e. The molecule has 1 N–H and O–H groups in total. The number of amides is 1. The molecule has 106 valence electrons. The van der Waals surface area contributed by atoms with Crippen molar-refractivity contribution in [3.05, 3.63) is 0 Å². The summed E-state index contributed by atoms with van der Waals surface area (Å²) in [4.78, 5) is 16.3. The molecule has 2 saturated heterocycles. The molecule has 2 rings (SSSR count). The van der Waals surface area contributed by atoms with Gasteiger partial charge in [-0.25, -0.2) is 0 Å². The van der Waals surface area contributed by atoms with Crippen molar-refractivity contribution in [2.45, 2.75) is 25.9 Å². The maximum atomic E-state index is 12.1. The zero-order valence-corrected chi connectivity index (χ0v) is 12.0. The summed E-state index contributed by atoms with van der Waals surface area (Å²) >= 11 is 0. The first kappa shape index (κ1) is 15.7. The first-order valence-electron chi connectivity index (χ1n) is 6.49. The van der Waals surface area contributed by atoms with E-state index in [2.05, 4.69) is 24.1 Å². The van der Waals surface area contributed by atoms with Gasteiger partial charge in [0.25, 0.3) is 0 Å². The highest BCUT2D eigenvalue weighted by atomic mass is 35.5. The van der Waals surface area contributed by atoms with Gasteiger partial charge in [0.15, 0.2) is 0 Å². The third kappa shape index (κ3) is 4.39. The van der Waals surface area contributed by atoms with E-state index in [0.29, 0.717) is 31.8 Å². The molecule has 0 aliphatic carbocycles. The summed E-state index contributed by atoms with van der Waals surface area (Å²) in [5.74, 6) is 0.245. The van der Waals surface area contributed by atoms with E-state index in [0.717, 1.165) is 26.2 Å². The summed E-state index contributed by atoms with van der Waals surface area (Å²) in [6.07, 6.45) is 0. The van der Waals surface area contributed by atoms with E-state index in [-0.39, 0.29) is 18.3 Å². The van der Waals surface area contributed by atoms with Crippen LogP contribution in [-0.4, -0.2) is 73.7 Å². The minimum atomic E-state index is 0. The van der Waals surface area contributed by atoms with E-state index in [1.54, 1.807) is 0 Å². The molecule has 2 atom stereocenters. The standard InChI is InChI=1S/C12H23N3O2.ClH/c1-10-7-14(8-11(2)13-10)9-12(16)15-3-5-17-6-4-15;/h10-11,13H,3-9H2,1-2H3;1H. The normalized spacial score (nSPS) is 29.8. The first-order valence-corrected chi connectivity index (χ1v) is 6.49.